The molecule has 3 rings (SSSR count). The van der Waals surface area contributed by atoms with E-state index >= 15 is 0 Å². The lowest BCUT2D eigenvalue weighted by Gasteiger charge is -2.32. The molecule has 1 fully saturated rings. The molecular weight excluding hydrogens is 431 g/mol. The van der Waals surface area contributed by atoms with Crippen molar-refractivity contribution in [3.63, 3.8) is 0 Å². The molecule has 0 radical (unpaired) electrons. The number of nitrogens with zero attached hydrogens (tertiary/aromatic N) is 2. The number of benzene rings is 1. The number of hydrogen-bond acceptors (Lipinski definition) is 3. The number of anilines is 1. The van der Waals surface area contributed by atoms with Gasteiger partial charge in [0.15, 0.2) is 5.69 Å². The predicted molar refractivity (Wildman–Crippen MR) is 93.8 cm³/mol. The molecule has 27 heavy (non-hydrogen) atoms. The van der Waals surface area contributed by atoms with E-state index in [1.165, 1.54) is 19.2 Å². The number of aromatic nitrogens is 2. The van der Waals surface area contributed by atoms with E-state index in [1.54, 1.807) is 12.1 Å². The predicted octanol–water partition coefficient (Wildman–Crippen LogP) is 3.92. The van der Waals surface area contributed by atoms with Crippen molar-refractivity contribution in [2.45, 2.75) is 19.0 Å². The zero-order chi connectivity index (χ0) is 19.9. The van der Waals surface area contributed by atoms with Crippen LogP contribution in [0.4, 0.5) is 19.0 Å². The molecule has 1 aromatic carbocycles. The molecule has 1 aromatic heterocycles. The van der Waals surface area contributed by atoms with Crippen molar-refractivity contribution < 1.29 is 27.9 Å². The van der Waals surface area contributed by atoms with E-state index in [0.29, 0.717) is 17.3 Å². The van der Waals surface area contributed by atoms with E-state index in [-0.39, 0.29) is 16.9 Å². The summed E-state index contributed by atoms with van der Waals surface area (Å²) in [6.45, 7) is 0. The minimum absolute atomic E-state index is 0.120. The van der Waals surface area contributed by atoms with Gasteiger partial charge in [-0.3, -0.25) is 14.3 Å². The van der Waals surface area contributed by atoms with Crippen LogP contribution in [0.1, 0.15) is 18.5 Å². The van der Waals surface area contributed by atoms with Crippen LogP contribution in [0, 0.1) is 11.8 Å². The maximum Gasteiger partial charge on any atom is 0.435 e. The summed E-state index contributed by atoms with van der Waals surface area (Å²) < 4.78 is 42.1. The van der Waals surface area contributed by atoms with Gasteiger partial charge >= 0.3 is 12.1 Å². The third-order valence-electron chi connectivity index (χ3n) is 4.62. The fourth-order valence-electron chi connectivity index (χ4n) is 3.07. The molecule has 2 aromatic rings. The van der Waals surface area contributed by atoms with Crippen LogP contribution in [0.15, 0.2) is 28.7 Å². The van der Waals surface area contributed by atoms with Gasteiger partial charge in [-0.15, -0.1) is 0 Å². The van der Waals surface area contributed by atoms with Gasteiger partial charge in [-0.05, 0) is 30.5 Å². The zero-order valence-electron chi connectivity index (χ0n) is 14.0. The van der Waals surface area contributed by atoms with E-state index in [2.05, 4.69) is 26.3 Å². The normalized spacial score (nSPS) is 19.4. The number of nitrogens with one attached hydrogen (secondary N) is 1. The first-order valence-corrected chi connectivity index (χ1v) is 8.82. The van der Waals surface area contributed by atoms with E-state index in [0.717, 1.165) is 4.68 Å². The molecule has 0 saturated heterocycles. The number of aryl methyl sites for hydroxylation is 1. The topological polar surface area (TPSA) is 84.2 Å². The van der Waals surface area contributed by atoms with Gasteiger partial charge in [0.2, 0.25) is 5.91 Å². The average molecular weight is 446 g/mol. The van der Waals surface area contributed by atoms with Crippen LogP contribution in [0.3, 0.4) is 0 Å². The van der Waals surface area contributed by atoms with Gasteiger partial charge in [0, 0.05) is 11.5 Å². The monoisotopic (exact) mass is 445 g/mol. The number of halogens is 4. The molecule has 144 valence electrons. The molecule has 1 aliphatic rings. The zero-order valence-corrected chi connectivity index (χ0v) is 15.6. The number of hydrogen-bond donors (Lipinski definition) is 2. The maximum absolute atomic E-state index is 13.5. The highest BCUT2D eigenvalue weighted by atomic mass is 79.9. The summed E-state index contributed by atoms with van der Waals surface area (Å²) in [4.78, 5) is 23.6. The number of carboxylic acids is 1. The molecule has 1 heterocycles. The summed E-state index contributed by atoms with van der Waals surface area (Å²) in [7, 11) is 1.29. The van der Waals surface area contributed by atoms with Crippen LogP contribution in [-0.2, 0) is 22.8 Å². The number of alkyl halides is 3. The van der Waals surface area contributed by atoms with Gasteiger partial charge in [-0.2, -0.15) is 18.3 Å². The summed E-state index contributed by atoms with van der Waals surface area (Å²) in [5, 5.41) is 15.1. The van der Waals surface area contributed by atoms with Crippen molar-refractivity contribution in [3.05, 3.63) is 34.4 Å². The first kappa shape index (κ1) is 19.4. The standard InChI is InChI=1S/C17H15BrF3N3O3/c1-24-14(22-15(25)10-6-7-11(10)16(26)27)12(13(23-24)17(19,20)21)8-2-4-9(18)5-3-8/h2-5,10-11H,6-7H2,1H3,(H,22,25)(H,26,27)/t10-,11+/m1/s1. The highest BCUT2D eigenvalue weighted by Gasteiger charge is 2.43. The number of aliphatic carboxylic acids is 1. The number of carbonyl (C=O) groups is 2. The SMILES string of the molecule is Cn1nc(C(F)(F)F)c(-c2ccc(Br)cc2)c1NC(=O)[C@@H]1CC[C@@H]1C(=O)O. The molecule has 2 atom stereocenters. The lowest BCUT2D eigenvalue weighted by atomic mass is 9.73. The quantitative estimate of drug-likeness (QED) is 0.746. The minimum atomic E-state index is -4.72. The highest BCUT2D eigenvalue weighted by molar-refractivity contribution is 9.10. The molecule has 0 bridgehead atoms. The van der Waals surface area contributed by atoms with Crippen LogP contribution in [0.25, 0.3) is 11.1 Å². The molecule has 1 saturated carbocycles. The second-order valence-corrected chi connectivity index (χ2v) is 7.23. The maximum atomic E-state index is 13.5. The molecule has 0 unspecified atom stereocenters. The summed E-state index contributed by atoms with van der Waals surface area (Å²) in [5.74, 6) is -3.43. The van der Waals surface area contributed by atoms with Gasteiger partial charge in [0.25, 0.3) is 0 Å². The van der Waals surface area contributed by atoms with Gasteiger partial charge in [-0.1, -0.05) is 28.1 Å². The average Bonchev–Trinajstić information content (AvgIpc) is 2.83. The molecule has 0 spiro atoms. The lowest BCUT2D eigenvalue weighted by molar-refractivity contribution is -0.151. The van der Waals surface area contributed by atoms with Crippen molar-refractivity contribution >= 4 is 33.6 Å². The Bertz CT molecular complexity index is 893. The van der Waals surface area contributed by atoms with Crippen LogP contribution >= 0.6 is 15.9 Å². The van der Waals surface area contributed by atoms with Crippen molar-refractivity contribution in [1.29, 1.82) is 0 Å². The lowest BCUT2D eigenvalue weighted by Crippen LogP contribution is -2.41. The van der Waals surface area contributed by atoms with E-state index < -0.39 is 35.6 Å². The molecule has 6 nitrogen and oxygen atoms in total. The summed E-state index contributed by atoms with van der Waals surface area (Å²) >= 11 is 3.23. The van der Waals surface area contributed by atoms with Crippen LogP contribution in [-0.4, -0.2) is 26.8 Å². The molecule has 1 amide bonds. The largest absolute Gasteiger partial charge is 0.481 e. The molecule has 10 heteroatoms. The summed E-state index contributed by atoms with van der Waals surface area (Å²) in [5.41, 5.74) is -1.14. The van der Waals surface area contributed by atoms with Crippen LogP contribution < -0.4 is 5.32 Å². The smallest absolute Gasteiger partial charge is 0.435 e. The Morgan fingerprint density at radius 3 is 2.30 bits per heavy atom. The Balaban J connectivity index is 2.02. The van der Waals surface area contributed by atoms with Gasteiger partial charge in [0.1, 0.15) is 5.82 Å². The molecular formula is C17H15BrF3N3O3. The number of amides is 1. The van der Waals surface area contributed by atoms with Gasteiger partial charge in [-0.25, -0.2) is 0 Å². The van der Waals surface area contributed by atoms with Gasteiger partial charge in [0.05, 0.1) is 17.4 Å². The van der Waals surface area contributed by atoms with Crippen molar-refractivity contribution in [3.8, 4) is 11.1 Å². The third kappa shape index (κ3) is 3.71. The first-order chi connectivity index (χ1) is 12.6. The second kappa shape index (κ2) is 6.99. The summed E-state index contributed by atoms with van der Waals surface area (Å²) in [6, 6.07) is 6.13. The number of carboxylic acid groups (broad SMARTS) is 1. The summed E-state index contributed by atoms with van der Waals surface area (Å²) in [6.07, 6.45) is -3.98. The fourth-order valence-corrected chi connectivity index (χ4v) is 3.34. The van der Waals surface area contributed by atoms with Crippen molar-refractivity contribution in [2.24, 2.45) is 18.9 Å². The first-order valence-electron chi connectivity index (χ1n) is 8.03. The Hall–Kier alpha value is -2.36. The third-order valence-corrected chi connectivity index (χ3v) is 5.15. The van der Waals surface area contributed by atoms with Gasteiger partial charge < -0.3 is 10.4 Å². The Labute approximate surface area is 160 Å². The molecule has 0 aliphatic heterocycles. The highest BCUT2D eigenvalue weighted by Crippen LogP contribution is 2.42. The van der Waals surface area contributed by atoms with Crippen molar-refractivity contribution in [2.75, 3.05) is 5.32 Å². The van der Waals surface area contributed by atoms with E-state index in [9.17, 15) is 22.8 Å². The number of carbonyl (C=O) groups excluding carboxylic acids is 1. The fraction of sp³-hybridized carbons (Fsp3) is 0.353. The van der Waals surface area contributed by atoms with Crippen LogP contribution in [0.5, 0.6) is 0 Å². The Morgan fingerprint density at radius 1 is 1.22 bits per heavy atom. The van der Waals surface area contributed by atoms with Crippen LogP contribution in [0.2, 0.25) is 0 Å². The van der Waals surface area contributed by atoms with E-state index in [4.69, 9.17) is 5.11 Å². The molecule has 2 N–H and O–H groups in total. The Morgan fingerprint density at radius 2 is 1.81 bits per heavy atom. The Kier molecular flexibility index (Phi) is 5.02. The number of rotatable bonds is 4. The minimum Gasteiger partial charge on any atom is -0.481 e. The van der Waals surface area contributed by atoms with Crippen molar-refractivity contribution in [1.82, 2.24) is 9.78 Å². The second-order valence-electron chi connectivity index (χ2n) is 6.32. The van der Waals surface area contributed by atoms with E-state index in [1.807, 2.05) is 0 Å². The molecule has 1 aliphatic carbocycles.